The first kappa shape index (κ1) is 24.0. The van der Waals surface area contributed by atoms with Crippen LogP contribution in [0.5, 0.6) is 0 Å². The number of methoxy groups -OCH3 is 1. The van der Waals surface area contributed by atoms with Crippen LogP contribution in [-0.4, -0.2) is 60.2 Å². The molecule has 1 atom stereocenters. The zero-order valence-corrected chi connectivity index (χ0v) is 18.9. The number of alkyl halides is 3. The fraction of sp³-hybridized carbons (Fsp3) is 0.304. The zero-order chi connectivity index (χ0) is 25.2. The van der Waals surface area contributed by atoms with E-state index in [1.54, 1.807) is 31.3 Å². The molecule has 0 spiro atoms. The normalized spacial score (nSPS) is 15.7. The van der Waals surface area contributed by atoms with Crippen molar-refractivity contribution >= 4 is 23.5 Å². The lowest BCUT2D eigenvalue weighted by Gasteiger charge is -2.23. The number of amides is 2. The standard InChI is InChI=1S/C23H22F3N5O4/c1-30(22(33)34-2)16-10-11-31(13-16)17-9-8-15(12-27-17)28-20(32)18-19(23(24,25)26)35-21(29-18)14-6-4-3-5-7-14/h3-9,12,16H,10-11,13H2,1-2H3,(H,28,32). The number of ether oxygens (including phenoxy) is 1. The van der Waals surface area contributed by atoms with Crippen molar-refractivity contribution in [3.05, 3.63) is 60.1 Å². The van der Waals surface area contributed by atoms with Gasteiger partial charge in [-0.1, -0.05) is 18.2 Å². The molecule has 1 aliphatic heterocycles. The van der Waals surface area contributed by atoms with Gasteiger partial charge in [0, 0.05) is 25.7 Å². The number of aromatic nitrogens is 2. The van der Waals surface area contributed by atoms with E-state index in [9.17, 15) is 22.8 Å². The van der Waals surface area contributed by atoms with E-state index in [0.717, 1.165) is 6.42 Å². The number of carbonyl (C=O) groups is 2. The predicted octanol–water partition coefficient (Wildman–Crippen LogP) is 4.28. The molecule has 3 heterocycles. The van der Waals surface area contributed by atoms with E-state index in [1.165, 1.54) is 36.4 Å². The van der Waals surface area contributed by atoms with Crippen molar-refractivity contribution in [2.24, 2.45) is 0 Å². The third-order valence-corrected chi connectivity index (χ3v) is 5.62. The summed E-state index contributed by atoms with van der Waals surface area (Å²) in [4.78, 5) is 36.0. The van der Waals surface area contributed by atoms with Crippen LogP contribution in [0.1, 0.15) is 22.7 Å². The Labute approximate surface area is 198 Å². The Balaban J connectivity index is 1.47. The second-order valence-corrected chi connectivity index (χ2v) is 7.89. The maximum atomic E-state index is 13.5. The third kappa shape index (κ3) is 5.20. The van der Waals surface area contributed by atoms with Crippen molar-refractivity contribution in [1.29, 1.82) is 0 Å². The summed E-state index contributed by atoms with van der Waals surface area (Å²) in [6.07, 6.45) is -3.26. The lowest BCUT2D eigenvalue weighted by atomic mass is 10.2. The van der Waals surface area contributed by atoms with Gasteiger partial charge in [-0.3, -0.25) is 4.79 Å². The average molecular weight is 489 g/mol. The second-order valence-electron chi connectivity index (χ2n) is 7.89. The quantitative estimate of drug-likeness (QED) is 0.571. The molecular weight excluding hydrogens is 467 g/mol. The van der Waals surface area contributed by atoms with Crippen LogP contribution in [0.2, 0.25) is 0 Å². The number of anilines is 2. The van der Waals surface area contributed by atoms with Crippen LogP contribution in [0.4, 0.5) is 29.5 Å². The van der Waals surface area contributed by atoms with Crippen LogP contribution >= 0.6 is 0 Å². The van der Waals surface area contributed by atoms with E-state index >= 15 is 0 Å². The number of hydrogen-bond donors (Lipinski definition) is 1. The first-order valence-electron chi connectivity index (χ1n) is 10.6. The van der Waals surface area contributed by atoms with E-state index < -0.39 is 29.6 Å². The molecule has 0 aliphatic carbocycles. The Hall–Kier alpha value is -4.09. The summed E-state index contributed by atoms with van der Waals surface area (Å²) < 4.78 is 50.1. The minimum Gasteiger partial charge on any atom is -0.453 e. The van der Waals surface area contributed by atoms with Gasteiger partial charge in [0.2, 0.25) is 11.7 Å². The molecule has 0 saturated carbocycles. The SMILES string of the molecule is COC(=O)N(C)C1CCN(c2ccc(NC(=O)c3nc(-c4ccccc4)oc3C(F)(F)F)cn2)C1. The van der Waals surface area contributed by atoms with Crippen LogP contribution in [0.15, 0.2) is 53.1 Å². The van der Waals surface area contributed by atoms with Crippen molar-refractivity contribution in [1.82, 2.24) is 14.9 Å². The van der Waals surface area contributed by atoms with Gasteiger partial charge in [-0.25, -0.2) is 14.8 Å². The number of carbonyl (C=O) groups excluding carboxylic acids is 2. The number of nitrogens with zero attached hydrogens (tertiary/aromatic N) is 4. The monoisotopic (exact) mass is 489 g/mol. The molecule has 1 N–H and O–H groups in total. The highest BCUT2D eigenvalue weighted by Gasteiger charge is 2.42. The van der Waals surface area contributed by atoms with Gasteiger partial charge in [0.25, 0.3) is 5.91 Å². The Morgan fingerprint density at radius 1 is 1.20 bits per heavy atom. The summed E-state index contributed by atoms with van der Waals surface area (Å²) in [6.45, 7) is 1.20. The average Bonchev–Trinajstić information content (AvgIpc) is 3.52. The minimum atomic E-state index is -4.90. The van der Waals surface area contributed by atoms with Crippen LogP contribution < -0.4 is 10.2 Å². The Kier molecular flexibility index (Phi) is 6.63. The summed E-state index contributed by atoms with van der Waals surface area (Å²) in [5, 5.41) is 2.39. The van der Waals surface area contributed by atoms with Crippen LogP contribution in [-0.2, 0) is 10.9 Å². The lowest BCUT2D eigenvalue weighted by Crippen LogP contribution is -2.39. The van der Waals surface area contributed by atoms with E-state index in [4.69, 9.17) is 9.15 Å². The summed E-state index contributed by atoms with van der Waals surface area (Å²) in [6, 6.07) is 11.1. The molecule has 184 valence electrons. The fourth-order valence-electron chi connectivity index (χ4n) is 3.77. The molecule has 0 radical (unpaired) electrons. The van der Waals surface area contributed by atoms with Gasteiger partial charge >= 0.3 is 12.3 Å². The molecule has 4 rings (SSSR count). The molecule has 35 heavy (non-hydrogen) atoms. The maximum absolute atomic E-state index is 13.5. The van der Waals surface area contributed by atoms with Crippen LogP contribution in [0.25, 0.3) is 11.5 Å². The van der Waals surface area contributed by atoms with Crippen molar-refractivity contribution in [2.75, 3.05) is 37.5 Å². The van der Waals surface area contributed by atoms with Crippen molar-refractivity contribution in [3.63, 3.8) is 0 Å². The highest BCUT2D eigenvalue weighted by atomic mass is 19.4. The molecule has 2 amide bonds. The predicted molar refractivity (Wildman–Crippen MR) is 120 cm³/mol. The molecule has 1 saturated heterocycles. The molecular formula is C23H22F3N5O4. The molecule has 9 nitrogen and oxygen atoms in total. The number of benzene rings is 1. The molecule has 0 bridgehead atoms. The van der Waals surface area contributed by atoms with E-state index in [2.05, 4.69) is 15.3 Å². The van der Waals surface area contributed by atoms with E-state index in [0.29, 0.717) is 24.5 Å². The van der Waals surface area contributed by atoms with Gasteiger partial charge in [0.05, 0.1) is 25.0 Å². The number of halogens is 3. The molecule has 3 aromatic rings. The molecule has 1 unspecified atom stereocenters. The number of oxazole rings is 1. The molecule has 1 aliphatic rings. The van der Waals surface area contributed by atoms with Crippen LogP contribution in [0, 0.1) is 0 Å². The van der Waals surface area contributed by atoms with Gasteiger partial charge < -0.3 is 24.3 Å². The van der Waals surface area contributed by atoms with Gasteiger partial charge in [-0.2, -0.15) is 13.2 Å². The number of likely N-dealkylation sites (N-methyl/N-ethyl adjacent to an activating group) is 1. The van der Waals surface area contributed by atoms with Gasteiger partial charge in [-0.15, -0.1) is 0 Å². The van der Waals surface area contributed by atoms with Gasteiger partial charge in [-0.05, 0) is 30.7 Å². The summed E-state index contributed by atoms with van der Waals surface area (Å²) in [5.41, 5.74) is -0.364. The maximum Gasteiger partial charge on any atom is 0.452 e. The second kappa shape index (κ2) is 9.65. The van der Waals surface area contributed by atoms with Gasteiger partial charge in [0.1, 0.15) is 5.82 Å². The molecule has 1 fully saturated rings. The highest BCUT2D eigenvalue weighted by molar-refractivity contribution is 6.04. The first-order chi connectivity index (χ1) is 16.7. The van der Waals surface area contributed by atoms with Crippen molar-refractivity contribution in [2.45, 2.75) is 18.6 Å². The number of rotatable bonds is 5. The number of nitrogens with one attached hydrogen (secondary N) is 1. The third-order valence-electron chi connectivity index (χ3n) is 5.62. The molecule has 2 aromatic heterocycles. The minimum absolute atomic E-state index is 0.0459. The highest BCUT2D eigenvalue weighted by Crippen LogP contribution is 2.35. The van der Waals surface area contributed by atoms with Crippen molar-refractivity contribution in [3.8, 4) is 11.5 Å². The van der Waals surface area contributed by atoms with Gasteiger partial charge in [0.15, 0.2) is 5.69 Å². The van der Waals surface area contributed by atoms with E-state index in [-0.39, 0.29) is 17.6 Å². The van der Waals surface area contributed by atoms with E-state index in [1.807, 2.05) is 4.90 Å². The Bertz CT molecular complexity index is 1200. The number of hydrogen-bond acceptors (Lipinski definition) is 7. The Morgan fingerprint density at radius 2 is 1.94 bits per heavy atom. The largest absolute Gasteiger partial charge is 0.453 e. The lowest BCUT2D eigenvalue weighted by molar-refractivity contribution is -0.153. The summed E-state index contributed by atoms with van der Waals surface area (Å²) >= 11 is 0. The zero-order valence-electron chi connectivity index (χ0n) is 18.9. The summed E-state index contributed by atoms with van der Waals surface area (Å²) in [5.74, 6) is -2.25. The molecule has 12 heteroatoms. The summed E-state index contributed by atoms with van der Waals surface area (Å²) in [7, 11) is 2.98. The number of pyridine rings is 1. The molecule has 1 aromatic carbocycles. The topological polar surface area (TPSA) is 101 Å². The van der Waals surface area contributed by atoms with Crippen LogP contribution in [0.3, 0.4) is 0 Å². The Morgan fingerprint density at radius 3 is 2.57 bits per heavy atom. The smallest absolute Gasteiger partial charge is 0.452 e. The van der Waals surface area contributed by atoms with Crippen molar-refractivity contribution < 1.29 is 31.9 Å². The first-order valence-corrected chi connectivity index (χ1v) is 10.6. The fourth-order valence-corrected chi connectivity index (χ4v) is 3.77.